The number of urea groups is 1. The summed E-state index contributed by atoms with van der Waals surface area (Å²) in [5.74, 6) is -0.203. The second-order valence-electron chi connectivity index (χ2n) is 3.18. The number of amides is 3. The highest BCUT2D eigenvalue weighted by atomic mass is 35.5. The molecule has 0 aliphatic carbocycles. The molecule has 0 bridgehead atoms. The van der Waals surface area contributed by atoms with E-state index in [9.17, 15) is 9.59 Å². The summed E-state index contributed by atoms with van der Waals surface area (Å²) in [7, 11) is 3.80. The third-order valence-corrected chi connectivity index (χ3v) is 1.61. The van der Waals surface area contributed by atoms with Crippen molar-refractivity contribution in [3.05, 3.63) is 0 Å². The van der Waals surface area contributed by atoms with Crippen LogP contribution in [-0.2, 0) is 4.79 Å². The van der Waals surface area contributed by atoms with Crippen molar-refractivity contribution in [2.75, 3.05) is 20.6 Å². The van der Waals surface area contributed by atoms with E-state index in [1.54, 1.807) is 0 Å². The van der Waals surface area contributed by atoms with Crippen LogP contribution in [0.2, 0.25) is 0 Å². The van der Waals surface area contributed by atoms with Gasteiger partial charge in [0, 0.05) is 13.0 Å². The van der Waals surface area contributed by atoms with Gasteiger partial charge in [-0.3, -0.25) is 10.1 Å². The van der Waals surface area contributed by atoms with E-state index in [0.717, 1.165) is 0 Å². The quantitative estimate of drug-likeness (QED) is 0.646. The summed E-state index contributed by atoms with van der Waals surface area (Å²) >= 11 is 0. The number of hydrogen-bond donors (Lipinski definition) is 2. The van der Waals surface area contributed by atoms with E-state index in [-0.39, 0.29) is 24.4 Å². The molecule has 0 saturated carbocycles. The molecule has 1 unspecified atom stereocenters. The average Bonchev–Trinajstić information content (AvgIpc) is 1.81. The second kappa shape index (κ2) is 5.04. The maximum atomic E-state index is 10.9. The van der Waals surface area contributed by atoms with Crippen molar-refractivity contribution in [1.82, 2.24) is 15.5 Å². The number of nitrogens with one attached hydrogen (secondary N) is 2. The number of rotatable bonds is 2. The summed E-state index contributed by atoms with van der Waals surface area (Å²) < 4.78 is 0. The molecule has 1 atom stereocenters. The van der Waals surface area contributed by atoms with Gasteiger partial charge in [-0.2, -0.15) is 0 Å². The fourth-order valence-corrected chi connectivity index (χ4v) is 1.22. The summed E-state index contributed by atoms with van der Waals surface area (Å²) in [6.07, 6.45) is 0.365. The molecule has 76 valence electrons. The molecule has 6 heteroatoms. The van der Waals surface area contributed by atoms with E-state index in [4.69, 9.17) is 0 Å². The summed E-state index contributed by atoms with van der Waals surface area (Å²) in [5, 5.41) is 4.84. The molecule has 1 aliphatic rings. The number of carbonyl (C=O) groups excluding carboxylic acids is 2. The van der Waals surface area contributed by atoms with E-state index in [1.807, 2.05) is 19.0 Å². The normalized spacial score (nSPS) is 21.9. The van der Waals surface area contributed by atoms with Gasteiger partial charge in [-0.15, -0.1) is 12.4 Å². The molecular weight excluding hydrogens is 194 g/mol. The lowest BCUT2D eigenvalue weighted by Crippen LogP contribution is -2.55. The minimum atomic E-state index is -0.391. The predicted octanol–water partition coefficient (Wildman–Crippen LogP) is -0.432. The van der Waals surface area contributed by atoms with Crippen molar-refractivity contribution in [2.24, 2.45) is 0 Å². The Morgan fingerprint density at radius 3 is 2.54 bits per heavy atom. The first-order chi connectivity index (χ1) is 5.58. The number of hydrogen-bond acceptors (Lipinski definition) is 3. The molecule has 1 fully saturated rings. The van der Waals surface area contributed by atoms with Gasteiger partial charge in [-0.05, 0) is 14.1 Å². The van der Waals surface area contributed by atoms with Crippen molar-refractivity contribution in [3.63, 3.8) is 0 Å². The molecule has 2 N–H and O–H groups in total. The van der Waals surface area contributed by atoms with E-state index < -0.39 is 6.03 Å². The maximum Gasteiger partial charge on any atom is 0.321 e. The Balaban J connectivity index is 0.00000144. The van der Waals surface area contributed by atoms with Gasteiger partial charge in [-0.25, -0.2) is 4.79 Å². The highest BCUT2D eigenvalue weighted by molar-refractivity contribution is 5.97. The number of likely N-dealkylation sites (N-methyl/N-ethyl adjacent to an activating group) is 1. The molecule has 0 radical (unpaired) electrons. The number of halogens is 1. The summed E-state index contributed by atoms with van der Waals surface area (Å²) in [4.78, 5) is 23.6. The van der Waals surface area contributed by atoms with Crippen molar-refractivity contribution in [3.8, 4) is 0 Å². The van der Waals surface area contributed by atoms with Crippen LogP contribution in [0.5, 0.6) is 0 Å². The van der Waals surface area contributed by atoms with Gasteiger partial charge in [0.05, 0.1) is 6.04 Å². The lowest BCUT2D eigenvalue weighted by atomic mass is 10.1. The molecule has 0 aromatic carbocycles. The molecule has 0 spiro atoms. The number of carbonyl (C=O) groups is 2. The van der Waals surface area contributed by atoms with E-state index in [0.29, 0.717) is 13.0 Å². The third kappa shape index (κ3) is 4.10. The molecule has 0 aromatic heterocycles. The zero-order chi connectivity index (χ0) is 9.14. The van der Waals surface area contributed by atoms with Crippen molar-refractivity contribution in [1.29, 1.82) is 0 Å². The van der Waals surface area contributed by atoms with Gasteiger partial charge in [0.2, 0.25) is 5.91 Å². The lowest BCUT2D eigenvalue weighted by molar-refractivity contribution is -0.121. The van der Waals surface area contributed by atoms with E-state index in [1.165, 1.54) is 0 Å². The van der Waals surface area contributed by atoms with E-state index in [2.05, 4.69) is 10.6 Å². The molecular formula is C7H14ClN3O2. The zero-order valence-electron chi connectivity index (χ0n) is 7.66. The first kappa shape index (κ1) is 12.2. The van der Waals surface area contributed by atoms with Crippen LogP contribution < -0.4 is 10.6 Å². The molecule has 1 rings (SSSR count). The predicted molar refractivity (Wildman–Crippen MR) is 50.9 cm³/mol. The van der Waals surface area contributed by atoms with Gasteiger partial charge in [0.15, 0.2) is 0 Å². The summed E-state index contributed by atoms with van der Waals surface area (Å²) in [6, 6.07) is -0.445. The average molecular weight is 208 g/mol. The minimum absolute atomic E-state index is 0. The highest BCUT2D eigenvalue weighted by Crippen LogP contribution is 1.98. The molecule has 3 amide bonds. The smallest absolute Gasteiger partial charge is 0.321 e. The molecule has 13 heavy (non-hydrogen) atoms. The van der Waals surface area contributed by atoms with Gasteiger partial charge < -0.3 is 10.2 Å². The Labute approximate surface area is 83.3 Å². The molecule has 5 nitrogen and oxygen atoms in total. The topological polar surface area (TPSA) is 61.4 Å². The van der Waals surface area contributed by atoms with Crippen molar-refractivity contribution >= 4 is 24.3 Å². The Bertz CT molecular complexity index is 192. The Morgan fingerprint density at radius 1 is 1.46 bits per heavy atom. The number of nitrogens with zero attached hydrogens (tertiary/aromatic N) is 1. The van der Waals surface area contributed by atoms with Crippen LogP contribution in [0.4, 0.5) is 4.79 Å². The number of imide groups is 1. The van der Waals surface area contributed by atoms with Crippen LogP contribution in [0.1, 0.15) is 6.42 Å². The fourth-order valence-electron chi connectivity index (χ4n) is 1.22. The monoisotopic (exact) mass is 207 g/mol. The highest BCUT2D eigenvalue weighted by Gasteiger charge is 2.23. The van der Waals surface area contributed by atoms with Gasteiger partial charge in [0.1, 0.15) is 0 Å². The summed E-state index contributed by atoms with van der Waals surface area (Å²) in [5.41, 5.74) is 0. The van der Waals surface area contributed by atoms with Gasteiger partial charge in [-0.1, -0.05) is 0 Å². The standard InChI is InChI=1S/C7H13N3O2.ClH/c1-10(2)4-5-3-6(11)9-7(12)8-5;/h5H,3-4H2,1-2H3,(H2,8,9,11,12);1H. The molecule has 0 aromatic rings. The third-order valence-electron chi connectivity index (χ3n) is 1.61. The molecule has 1 aliphatic heterocycles. The SMILES string of the molecule is CN(C)CC1CC(=O)NC(=O)N1.Cl. The van der Waals surface area contributed by atoms with Crippen LogP contribution in [0.3, 0.4) is 0 Å². The van der Waals surface area contributed by atoms with Crippen LogP contribution >= 0.6 is 12.4 Å². The maximum absolute atomic E-state index is 10.9. The first-order valence-electron chi connectivity index (χ1n) is 3.83. The van der Waals surface area contributed by atoms with Crippen LogP contribution in [0.25, 0.3) is 0 Å². The van der Waals surface area contributed by atoms with Gasteiger partial charge in [0.25, 0.3) is 0 Å². The first-order valence-corrected chi connectivity index (χ1v) is 3.83. The zero-order valence-corrected chi connectivity index (χ0v) is 8.48. The fraction of sp³-hybridized carbons (Fsp3) is 0.714. The minimum Gasteiger partial charge on any atom is -0.333 e. The molecule has 1 heterocycles. The lowest BCUT2D eigenvalue weighted by Gasteiger charge is -2.25. The Kier molecular flexibility index (Phi) is 4.72. The summed E-state index contributed by atoms with van der Waals surface area (Å²) in [6.45, 7) is 0.694. The van der Waals surface area contributed by atoms with Crippen molar-refractivity contribution in [2.45, 2.75) is 12.5 Å². The largest absolute Gasteiger partial charge is 0.333 e. The Morgan fingerprint density at radius 2 is 2.08 bits per heavy atom. The van der Waals surface area contributed by atoms with Gasteiger partial charge >= 0.3 is 6.03 Å². The second-order valence-corrected chi connectivity index (χ2v) is 3.18. The molecule has 1 saturated heterocycles. The van der Waals surface area contributed by atoms with Crippen molar-refractivity contribution < 1.29 is 9.59 Å². The van der Waals surface area contributed by atoms with Crippen LogP contribution in [0, 0.1) is 0 Å². The van der Waals surface area contributed by atoms with Crippen LogP contribution in [-0.4, -0.2) is 43.5 Å². The Hall–Kier alpha value is -0.810. The van der Waals surface area contributed by atoms with E-state index >= 15 is 0 Å². The van der Waals surface area contributed by atoms with Crippen LogP contribution in [0.15, 0.2) is 0 Å².